The Hall–Kier alpha value is 0.920. The first-order valence-electron chi connectivity index (χ1n) is 8.68. The lowest BCUT2D eigenvalue weighted by atomic mass is 9.92. The highest BCUT2D eigenvalue weighted by molar-refractivity contribution is 8.00. The summed E-state index contributed by atoms with van der Waals surface area (Å²) in [6.07, 6.45) is 2.70. The highest BCUT2D eigenvalue weighted by Gasteiger charge is 2.24. The molecule has 0 atom stereocenters. The molecule has 0 aliphatic rings. The summed E-state index contributed by atoms with van der Waals surface area (Å²) in [6, 6.07) is 0. The van der Waals surface area contributed by atoms with Crippen molar-refractivity contribution in [2.75, 3.05) is 36.2 Å². The van der Waals surface area contributed by atoms with E-state index in [4.69, 9.17) is 19.6 Å². The minimum Gasteiger partial charge on any atom is -0.303 e. The summed E-state index contributed by atoms with van der Waals surface area (Å²) in [5, 5.41) is 0. The summed E-state index contributed by atoms with van der Waals surface area (Å²) in [6.45, 7) is 7.78. The molecule has 8 nitrogen and oxygen atoms in total. The van der Waals surface area contributed by atoms with Crippen LogP contribution in [0.25, 0.3) is 0 Å². The average Bonchev–Trinajstić information content (AvgIpc) is 2.48. The lowest BCUT2D eigenvalue weighted by molar-refractivity contribution is 0.126. The zero-order chi connectivity index (χ0) is 21.2. The highest BCUT2D eigenvalue weighted by Crippen LogP contribution is 2.40. The van der Waals surface area contributed by atoms with Gasteiger partial charge in [-0.05, 0) is 53.1 Å². The van der Waals surface area contributed by atoms with Gasteiger partial charge in [0, 0.05) is 0 Å². The van der Waals surface area contributed by atoms with E-state index in [1.807, 2.05) is 51.2 Å². The van der Waals surface area contributed by atoms with Gasteiger partial charge in [0.15, 0.2) is 0 Å². The van der Waals surface area contributed by atoms with Crippen LogP contribution in [0.2, 0.25) is 0 Å². The van der Waals surface area contributed by atoms with Crippen LogP contribution in [0, 0.1) is 10.8 Å². The first-order chi connectivity index (χ1) is 12.1. The summed E-state index contributed by atoms with van der Waals surface area (Å²) >= 11 is 3.64. The topological polar surface area (TPSA) is 134 Å². The molecule has 0 fully saturated rings. The van der Waals surface area contributed by atoms with E-state index in [-0.39, 0.29) is 24.0 Å². The Morgan fingerprint density at radius 2 is 1.04 bits per heavy atom. The summed E-state index contributed by atoms with van der Waals surface area (Å²) in [4.78, 5) is 35.0. The van der Waals surface area contributed by atoms with Crippen molar-refractivity contribution < 1.29 is 37.8 Å². The lowest BCUT2D eigenvalue weighted by Crippen LogP contribution is -2.19. The molecule has 27 heavy (non-hydrogen) atoms. The van der Waals surface area contributed by atoms with Crippen LogP contribution in [0.3, 0.4) is 0 Å². The number of thioether (sulfide) groups is 2. The fourth-order valence-electron chi connectivity index (χ4n) is 1.83. The van der Waals surface area contributed by atoms with Crippen molar-refractivity contribution in [3.8, 4) is 0 Å². The van der Waals surface area contributed by atoms with E-state index >= 15 is 0 Å². The number of rotatable bonds is 16. The first-order valence-corrected chi connectivity index (χ1v) is 14.0. The van der Waals surface area contributed by atoms with Gasteiger partial charge in [0.05, 0.1) is 13.2 Å². The molecule has 0 radical (unpaired) electrons. The van der Waals surface area contributed by atoms with Crippen molar-refractivity contribution in [1.82, 2.24) is 0 Å². The summed E-state index contributed by atoms with van der Waals surface area (Å²) in [5.74, 6) is 3.87. The molecule has 0 aromatic heterocycles. The Kier molecular flexibility index (Phi) is 13.0. The largest absolute Gasteiger partial charge is 0.469 e. The van der Waals surface area contributed by atoms with E-state index in [1.54, 1.807) is 0 Å². The normalized spacial score (nSPS) is 13.9. The third kappa shape index (κ3) is 20.0. The molecular formula is C15H34O8P2S2. The molecule has 0 aliphatic carbocycles. The molecule has 0 unspecified atom stereocenters. The first kappa shape index (κ1) is 27.9. The number of phosphoric ester groups is 2. The van der Waals surface area contributed by atoms with Crippen LogP contribution < -0.4 is 0 Å². The van der Waals surface area contributed by atoms with E-state index in [1.165, 1.54) is 0 Å². The predicted molar refractivity (Wildman–Crippen MR) is 112 cm³/mol. The monoisotopic (exact) mass is 468 g/mol. The molecule has 0 aromatic rings. The van der Waals surface area contributed by atoms with Crippen molar-refractivity contribution in [2.24, 2.45) is 10.8 Å². The van der Waals surface area contributed by atoms with E-state index in [9.17, 15) is 9.13 Å². The van der Waals surface area contributed by atoms with Crippen molar-refractivity contribution >= 4 is 39.2 Å². The SMILES string of the molecule is CC(C)(CCSCCCSCCC(C)(C)COP(=O)(O)O)COP(=O)(O)O. The Morgan fingerprint density at radius 3 is 1.33 bits per heavy atom. The number of phosphoric acid groups is 2. The summed E-state index contributed by atoms with van der Waals surface area (Å²) in [7, 11) is -8.81. The van der Waals surface area contributed by atoms with Crippen molar-refractivity contribution in [2.45, 2.75) is 47.0 Å². The Bertz CT molecular complexity index is 460. The fraction of sp³-hybridized carbons (Fsp3) is 1.00. The van der Waals surface area contributed by atoms with Gasteiger partial charge in [0.2, 0.25) is 0 Å². The van der Waals surface area contributed by atoms with Gasteiger partial charge in [-0.25, -0.2) is 9.13 Å². The van der Waals surface area contributed by atoms with Crippen LogP contribution in [-0.2, 0) is 18.2 Å². The summed E-state index contributed by atoms with van der Waals surface area (Å²) in [5.41, 5.74) is -0.548. The Morgan fingerprint density at radius 1 is 0.704 bits per heavy atom. The van der Waals surface area contributed by atoms with Crippen LogP contribution in [0.4, 0.5) is 0 Å². The molecule has 0 aromatic carbocycles. The maximum absolute atomic E-state index is 10.7. The van der Waals surface area contributed by atoms with Gasteiger partial charge < -0.3 is 19.6 Å². The third-order valence-corrected chi connectivity index (χ3v) is 6.74. The zero-order valence-electron chi connectivity index (χ0n) is 16.5. The van der Waals surface area contributed by atoms with Crippen LogP contribution >= 0.6 is 39.2 Å². The van der Waals surface area contributed by atoms with Gasteiger partial charge in [-0.3, -0.25) is 9.05 Å². The molecule has 4 N–H and O–H groups in total. The highest BCUT2D eigenvalue weighted by atomic mass is 32.2. The lowest BCUT2D eigenvalue weighted by Gasteiger charge is -2.24. The molecule has 12 heteroatoms. The van der Waals surface area contributed by atoms with Crippen LogP contribution in [0.5, 0.6) is 0 Å². The van der Waals surface area contributed by atoms with Gasteiger partial charge in [-0.1, -0.05) is 27.7 Å². The molecule has 0 spiro atoms. The second-order valence-corrected chi connectivity index (χ2v) is 12.9. The molecule has 0 saturated heterocycles. The third-order valence-electron chi connectivity index (χ3n) is 3.67. The van der Waals surface area contributed by atoms with Crippen molar-refractivity contribution in [3.05, 3.63) is 0 Å². The quantitative estimate of drug-likeness (QED) is 0.195. The van der Waals surface area contributed by atoms with E-state index in [0.29, 0.717) is 0 Å². The second-order valence-electron chi connectivity index (χ2n) is 7.93. The average molecular weight is 469 g/mol. The molecule has 0 rings (SSSR count). The van der Waals surface area contributed by atoms with Crippen molar-refractivity contribution in [3.63, 3.8) is 0 Å². The molecule has 0 aliphatic heterocycles. The van der Waals surface area contributed by atoms with Crippen molar-refractivity contribution in [1.29, 1.82) is 0 Å². The molecule has 0 heterocycles. The minimum absolute atomic E-state index is 0.0369. The smallest absolute Gasteiger partial charge is 0.303 e. The van der Waals surface area contributed by atoms with E-state index < -0.39 is 15.6 Å². The second kappa shape index (κ2) is 12.6. The van der Waals surface area contributed by atoms with Crippen LogP contribution in [0.15, 0.2) is 0 Å². The van der Waals surface area contributed by atoms with Crippen LogP contribution in [-0.4, -0.2) is 55.8 Å². The Balaban J connectivity index is 3.67. The fourth-order valence-corrected chi connectivity index (χ4v) is 5.54. The maximum atomic E-state index is 10.7. The molecule has 0 bridgehead atoms. The molecular weight excluding hydrogens is 434 g/mol. The van der Waals surface area contributed by atoms with Crippen LogP contribution in [0.1, 0.15) is 47.0 Å². The predicted octanol–water partition coefficient (Wildman–Crippen LogP) is 3.89. The number of hydrogen-bond acceptors (Lipinski definition) is 6. The zero-order valence-corrected chi connectivity index (χ0v) is 19.9. The van der Waals surface area contributed by atoms with Gasteiger partial charge in [-0.2, -0.15) is 23.5 Å². The van der Waals surface area contributed by atoms with Gasteiger partial charge in [0.1, 0.15) is 0 Å². The van der Waals surface area contributed by atoms with E-state index in [0.717, 1.165) is 42.3 Å². The van der Waals surface area contributed by atoms with E-state index in [2.05, 4.69) is 9.05 Å². The minimum atomic E-state index is -4.40. The Labute approximate surface area is 171 Å². The molecule has 164 valence electrons. The standard InChI is InChI=1S/C15H34O8P2S2/c1-14(2,12-22-24(16,17)18)6-10-26-8-5-9-27-11-7-15(3,4)13-23-25(19,20)21/h5-13H2,1-4H3,(H2,16,17,18)(H2,19,20,21). The molecule has 0 amide bonds. The molecule has 0 saturated carbocycles. The van der Waals surface area contributed by atoms with Gasteiger partial charge >= 0.3 is 15.6 Å². The van der Waals surface area contributed by atoms with Gasteiger partial charge in [-0.15, -0.1) is 0 Å². The maximum Gasteiger partial charge on any atom is 0.469 e. The summed E-state index contributed by atoms with van der Waals surface area (Å²) < 4.78 is 30.7. The van der Waals surface area contributed by atoms with Gasteiger partial charge in [0.25, 0.3) is 0 Å². The number of hydrogen-bond donors (Lipinski definition) is 4.